The Hall–Kier alpha value is -3.33. The van der Waals surface area contributed by atoms with Gasteiger partial charge in [-0.3, -0.25) is 14.5 Å². The summed E-state index contributed by atoms with van der Waals surface area (Å²) in [7, 11) is 1.39. The third-order valence-electron chi connectivity index (χ3n) is 6.14. The van der Waals surface area contributed by atoms with Gasteiger partial charge in [0.15, 0.2) is 10.8 Å². The van der Waals surface area contributed by atoms with Crippen LogP contribution in [0.25, 0.3) is 0 Å². The molecular formula is C21H17F4N5O2S. The number of aromatic nitrogens is 1. The Morgan fingerprint density at radius 2 is 2.09 bits per heavy atom. The Kier molecular flexibility index (Phi) is 5.48. The van der Waals surface area contributed by atoms with Crippen LogP contribution in [0.3, 0.4) is 0 Å². The summed E-state index contributed by atoms with van der Waals surface area (Å²) >= 11 is 5.48. The van der Waals surface area contributed by atoms with Crippen LogP contribution in [-0.2, 0) is 15.8 Å². The first-order valence-corrected chi connectivity index (χ1v) is 10.4. The molecule has 1 saturated carbocycles. The Bertz CT molecular complexity index is 1170. The van der Waals surface area contributed by atoms with Crippen molar-refractivity contribution in [1.82, 2.24) is 15.2 Å². The van der Waals surface area contributed by atoms with E-state index >= 15 is 0 Å². The molecule has 1 atom stereocenters. The summed E-state index contributed by atoms with van der Waals surface area (Å²) in [6.07, 6.45) is 0.318. The van der Waals surface area contributed by atoms with Crippen molar-refractivity contribution in [2.24, 2.45) is 5.92 Å². The zero-order valence-corrected chi connectivity index (χ0v) is 18.1. The third-order valence-corrected chi connectivity index (χ3v) is 6.50. The van der Waals surface area contributed by atoms with Crippen LogP contribution in [0.1, 0.15) is 36.9 Å². The van der Waals surface area contributed by atoms with Crippen molar-refractivity contribution >= 4 is 34.8 Å². The predicted molar refractivity (Wildman–Crippen MR) is 112 cm³/mol. The number of hydrogen-bond acceptors (Lipinski definition) is 5. The van der Waals surface area contributed by atoms with Gasteiger partial charge >= 0.3 is 6.18 Å². The van der Waals surface area contributed by atoms with E-state index < -0.39 is 46.5 Å². The molecule has 4 rings (SSSR count). The fourth-order valence-electron chi connectivity index (χ4n) is 4.30. The van der Waals surface area contributed by atoms with Gasteiger partial charge in [-0.05, 0) is 50.0 Å². The highest BCUT2D eigenvalue weighted by molar-refractivity contribution is 7.80. The average Bonchev–Trinajstić information content (AvgIpc) is 2.98. The van der Waals surface area contributed by atoms with Crippen molar-refractivity contribution in [1.29, 1.82) is 5.26 Å². The van der Waals surface area contributed by atoms with E-state index in [0.29, 0.717) is 25.3 Å². The second-order valence-corrected chi connectivity index (χ2v) is 8.27. The first-order chi connectivity index (χ1) is 15.5. The molecule has 33 heavy (non-hydrogen) atoms. The minimum Gasteiger partial charge on any atom is -0.359 e. The molecule has 1 unspecified atom stereocenters. The van der Waals surface area contributed by atoms with Gasteiger partial charge in [-0.2, -0.15) is 18.4 Å². The number of alkyl halides is 3. The Morgan fingerprint density at radius 1 is 1.39 bits per heavy atom. The van der Waals surface area contributed by atoms with E-state index in [1.807, 2.05) is 0 Å². The van der Waals surface area contributed by atoms with E-state index in [2.05, 4.69) is 10.3 Å². The number of carbonyl (C=O) groups excluding carboxylic acids is 2. The van der Waals surface area contributed by atoms with Gasteiger partial charge in [0, 0.05) is 12.7 Å². The molecule has 7 nitrogen and oxygen atoms in total. The summed E-state index contributed by atoms with van der Waals surface area (Å²) < 4.78 is 55.0. The number of anilines is 1. The summed E-state index contributed by atoms with van der Waals surface area (Å²) in [5.74, 6) is -2.74. The lowest BCUT2D eigenvalue weighted by molar-refractivity contribution is -0.138. The first-order valence-electron chi connectivity index (χ1n) is 10.00. The van der Waals surface area contributed by atoms with Crippen LogP contribution in [0.4, 0.5) is 23.2 Å². The van der Waals surface area contributed by atoms with Crippen molar-refractivity contribution in [3.05, 3.63) is 47.2 Å². The second kappa shape index (κ2) is 7.91. The molecule has 1 aliphatic heterocycles. The average molecular weight is 479 g/mol. The van der Waals surface area contributed by atoms with Gasteiger partial charge < -0.3 is 10.2 Å². The molecule has 1 saturated heterocycles. The summed E-state index contributed by atoms with van der Waals surface area (Å²) in [6, 6.07) is 2.06. The van der Waals surface area contributed by atoms with Gasteiger partial charge in [-0.1, -0.05) is 6.08 Å². The summed E-state index contributed by atoms with van der Waals surface area (Å²) in [5, 5.41) is 11.3. The van der Waals surface area contributed by atoms with E-state index in [-0.39, 0.29) is 22.9 Å². The van der Waals surface area contributed by atoms with Crippen LogP contribution in [-0.4, -0.2) is 39.4 Å². The minimum absolute atomic E-state index is 0.0391. The smallest absolute Gasteiger partial charge is 0.359 e. The van der Waals surface area contributed by atoms with Gasteiger partial charge in [-0.15, -0.1) is 0 Å². The minimum atomic E-state index is -4.86. The van der Waals surface area contributed by atoms with Crippen LogP contribution in [0.2, 0.25) is 0 Å². The lowest BCUT2D eigenvalue weighted by atomic mass is 9.75. The largest absolute Gasteiger partial charge is 0.419 e. The first kappa shape index (κ1) is 22.8. The van der Waals surface area contributed by atoms with Gasteiger partial charge in [0.2, 0.25) is 5.91 Å². The number of rotatable bonds is 3. The lowest BCUT2D eigenvalue weighted by Gasteiger charge is -2.44. The van der Waals surface area contributed by atoms with Gasteiger partial charge in [0.25, 0.3) is 5.91 Å². The van der Waals surface area contributed by atoms with Crippen LogP contribution >= 0.6 is 12.2 Å². The molecule has 2 fully saturated rings. The number of allylic oxidation sites excluding steroid dienone is 2. The number of nitrogens with one attached hydrogen (secondary N) is 1. The van der Waals surface area contributed by atoms with E-state index in [9.17, 15) is 27.2 Å². The highest BCUT2D eigenvalue weighted by Gasteiger charge is 2.60. The third kappa shape index (κ3) is 3.47. The van der Waals surface area contributed by atoms with Gasteiger partial charge in [0.1, 0.15) is 17.4 Å². The number of pyridine rings is 1. The van der Waals surface area contributed by atoms with E-state index in [1.54, 1.807) is 6.08 Å². The zero-order valence-electron chi connectivity index (χ0n) is 17.2. The maximum absolute atomic E-state index is 14.7. The summed E-state index contributed by atoms with van der Waals surface area (Å²) in [6.45, 7) is 0. The van der Waals surface area contributed by atoms with Gasteiger partial charge in [0.05, 0.1) is 23.4 Å². The van der Waals surface area contributed by atoms with Crippen molar-refractivity contribution in [2.45, 2.75) is 37.4 Å². The fraction of sp³-hybridized carbons (Fsp3) is 0.381. The quantitative estimate of drug-likeness (QED) is 0.529. The number of halogens is 4. The van der Waals surface area contributed by atoms with E-state index in [1.165, 1.54) is 18.0 Å². The van der Waals surface area contributed by atoms with Crippen molar-refractivity contribution in [2.75, 3.05) is 11.9 Å². The number of amides is 2. The molecule has 0 aromatic carbocycles. The highest BCUT2D eigenvalue weighted by Crippen LogP contribution is 2.49. The Labute approximate surface area is 191 Å². The SMILES string of the molecule is CNC(=O)C1CC=C(N2C(=S)N(c3cnc(C#N)c(C(F)(F)F)c3)C(=O)C23CCC3)C=C1F. The lowest BCUT2D eigenvalue weighted by Crippen LogP contribution is -2.54. The molecule has 172 valence electrons. The number of hydrogen-bond donors (Lipinski definition) is 1. The van der Waals surface area contributed by atoms with Crippen LogP contribution in [0.15, 0.2) is 35.9 Å². The van der Waals surface area contributed by atoms with Crippen LogP contribution in [0.5, 0.6) is 0 Å². The number of nitrogens with zero attached hydrogens (tertiary/aromatic N) is 4. The monoisotopic (exact) mass is 479 g/mol. The maximum Gasteiger partial charge on any atom is 0.419 e. The predicted octanol–water partition coefficient (Wildman–Crippen LogP) is 3.33. The second-order valence-electron chi connectivity index (χ2n) is 7.90. The molecule has 0 bridgehead atoms. The fourth-order valence-corrected chi connectivity index (χ4v) is 4.77. The molecule has 1 aromatic rings. The van der Waals surface area contributed by atoms with Crippen molar-refractivity contribution < 1.29 is 27.2 Å². The summed E-state index contributed by atoms with van der Waals surface area (Å²) in [5.41, 5.74) is -3.21. The highest BCUT2D eigenvalue weighted by atomic mass is 32.1. The van der Waals surface area contributed by atoms with Gasteiger partial charge in [-0.25, -0.2) is 9.37 Å². The Morgan fingerprint density at radius 3 is 2.61 bits per heavy atom. The molecule has 1 spiro atoms. The molecule has 1 N–H and O–H groups in total. The molecule has 2 heterocycles. The number of nitriles is 1. The topological polar surface area (TPSA) is 89.3 Å². The molecule has 2 aliphatic carbocycles. The standard InChI is InChI=1S/C21H17F4N5O2S/c1-27-17(31)13-4-3-11(8-15(13)22)30-19(33)29(18(32)20(30)5-2-6-20)12-7-14(21(23,24)25)16(9-26)28-10-12/h3,7-8,10,13H,2,4-6H2,1H3,(H,27,31). The molecule has 3 aliphatic rings. The number of carbonyl (C=O) groups is 2. The number of thiocarbonyl (C=S) groups is 1. The van der Waals surface area contributed by atoms with Crippen molar-refractivity contribution in [3.8, 4) is 6.07 Å². The van der Waals surface area contributed by atoms with Crippen LogP contribution < -0.4 is 10.2 Å². The maximum atomic E-state index is 14.7. The van der Waals surface area contributed by atoms with Crippen molar-refractivity contribution in [3.63, 3.8) is 0 Å². The van der Waals surface area contributed by atoms with Crippen LogP contribution in [0, 0.1) is 17.2 Å². The van der Waals surface area contributed by atoms with E-state index in [4.69, 9.17) is 17.5 Å². The van der Waals surface area contributed by atoms with E-state index in [0.717, 1.165) is 17.2 Å². The zero-order chi connectivity index (χ0) is 24.1. The molecule has 1 aromatic heterocycles. The normalized spacial score (nSPS) is 22.0. The molecular weight excluding hydrogens is 462 g/mol. The summed E-state index contributed by atoms with van der Waals surface area (Å²) in [4.78, 5) is 31.3. The molecule has 0 radical (unpaired) electrons. The molecule has 12 heteroatoms. The molecule has 2 amide bonds. The Balaban J connectivity index is 1.75.